The van der Waals surface area contributed by atoms with Crippen LogP contribution < -0.4 is 5.32 Å². The molecule has 19 heavy (non-hydrogen) atoms. The Balaban J connectivity index is 2.14. The molecule has 2 rings (SSSR count). The Morgan fingerprint density at radius 1 is 1.58 bits per heavy atom. The summed E-state index contributed by atoms with van der Waals surface area (Å²) in [6.45, 7) is 2.41. The van der Waals surface area contributed by atoms with Gasteiger partial charge in [0.2, 0.25) is 11.0 Å². The second kappa shape index (κ2) is 5.61. The number of nitrogens with zero attached hydrogens (tertiary/aromatic N) is 5. The average molecular weight is 283 g/mol. The summed E-state index contributed by atoms with van der Waals surface area (Å²) in [7, 11) is 0. The van der Waals surface area contributed by atoms with Crippen molar-refractivity contribution >= 4 is 23.1 Å². The van der Waals surface area contributed by atoms with E-state index in [0.717, 1.165) is 0 Å². The monoisotopic (exact) mass is 282 g/mol. The highest BCUT2D eigenvalue weighted by molar-refractivity contribution is 6.31. The highest BCUT2D eigenvalue weighted by atomic mass is 35.5. The molecule has 2 aromatic heterocycles. The molecule has 0 radical (unpaired) electrons. The standard InChI is InChI=1S/C10H11ClN6O2/c1-7(5-16-4-2-3-14-16)15-10-8(17(18)19)9(11)12-6-13-10/h2-4,6-7H,5H2,1H3,(H,12,13,15). The maximum Gasteiger partial charge on any atom is 0.348 e. The molecule has 0 amide bonds. The lowest BCUT2D eigenvalue weighted by Gasteiger charge is -2.14. The van der Waals surface area contributed by atoms with Gasteiger partial charge in [-0.05, 0) is 13.0 Å². The van der Waals surface area contributed by atoms with E-state index < -0.39 is 4.92 Å². The molecule has 0 bridgehead atoms. The number of hydrogen-bond acceptors (Lipinski definition) is 6. The van der Waals surface area contributed by atoms with Gasteiger partial charge in [0.15, 0.2) is 0 Å². The van der Waals surface area contributed by atoms with Crippen molar-refractivity contribution in [3.05, 3.63) is 40.1 Å². The quantitative estimate of drug-likeness (QED) is 0.509. The molecular weight excluding hydrogens is 272 g/mol. The molecule has 0 aliphatic rings. The summed E-state index contributed by atoms with van der Waals surface area (Å²) in [5.74, 6) is 0.102. The summed E-state index contributed by atoms with van der Waals surface area (Å²) in [5.41, 5.74) is -0.323. The molecule has 1 unspecified atom stereocenters. The van der Waals surface area contributed by atoms with Crippen LogP contribution >= 0.6 is 11.6 Å². The lowest BCUT2D eigenvalue weighted by atomic mass is 10.3. The van der Waals surface area contributed by atoms with Crippen molar-refractivity contribution in [2.24, 2.45) is 0 Å². The SMILES string of the molecule is CC(Cn1cccn1)Nc1ncnc(Cl)c1[N+](=O)[O-]. The van der Waals surface area contributed by atoms with Crippen LogP contribution in [0, 0.1) is 10.1 Å². The van der Waals surface area contributed by atoms with Gasteiger partial charge < -0.3 is 5.32 Å². The van der Waals surface area contributed by atoms with Gasteiger partial charge in [-0.1, -0.05) is 11.6 Å². The summed E-state index contributed by atoms with van der Waals surface area (Å²) in [4.78, 5) is 17.8. The van der Waals surface area contributed by atoms with Gasteiger partial charge >= 0.3 is 5.69 Å². The van der Waals surface area contributed by atoms with Crippen molar-refractivity contribution in [1.29, 1.82) is 0 Å². The first kappa shape index (κ1) is 13.2. The largest absolute Gasteiger partial charge is 0.360 e. The second-order valence-electron chi connectivity index (χ2n) is 3.89. The van der Waals surface area contributed by atoms with Crippen molar-refractivity contribution in [3.8, 4) is 0 Å². The van der Waals surface area contributed by atoms with Crippen molar-refractivity contribution in [2.75, 3.05) is 5.32 Å². The van der Waals surface area contributed by atoms with Gasteiger partial charge in [0.1, 0.15) is 6.33 Å². The number of rotatable bonds is 5. The number of halogens is 1. The van der Waals surface area contributed by atoms with E-state index in [2.05, 4.69) is 20.4 Å². The van der Waals surface area contributed by atoms with Crippen LogP contribution in [0.2, 0.25) is 5.15 Å². The van der Waals surface area contributed by atoms with Crippen LogP contribution in [-0.4, -0.2) is 30.7 Å². The number of nitrogens with one attached hydrogen (secondary N) is 1. The van der Waals surface area contributed by atoms with E-state index in [0.29, 0.717) is 6.54 Å². The summed E-state index contributed by atoms with van der Waals surface area (Å²) >= 11 is 5.70. The zero-order valence-corrected chi connectivity index (χ0v) is 10.8. The lowest BCUT2D eigenvalue weighted by molar-refractivity contribution is -0.384. The number of aromatic nitrogens is 4. The fourth-order valence-corrected chi connectivity index (χ4v) is 1.79. The van der Waals surface area contributed by atoms with Crippen molar-refractivity contribution < 1.29 is 4.92 Å². The Labute approximate surface area is 113 Å². The maximum atomic E-state index is 10.9. The van der Waals surface area contributed by atoms with E-state index in [4.69, 9.17) is 11.6 Å². The molecule has 9 heteroatoms. The van der Waals surface area contributed by atoms with Crippen molar-refractivity contribution in [2.45, 2.75) is 19.5 Å². The topological polar surface area (TPSA) is 98.8 Å². The minimum absolute atomic E-state index is 0.102. The predicted octanol–water partition coefficient (Wildman–Crippen LogP) is 1.74. The zero-order chi connectivity index (χ0) is 13.8. The molecular formula is C10H11ClN6O2. The summed E-state index contributed by atoms with van der Waals surface area (Å²) < 4.78 is 1.71. The van der Waals surface area contributed by atoms with Gasteiger partial charge in [-0.15, -0.1) is 0 Å². The first-order valence-electron chi connectivity index (χ1n) is 5.46. The molecule has 0 aliphatic heterocycles. The van der Waals surface area contributed by atoms with Crippen LogP contribution in [-0.2, 0) is 6.54 Å². The molecule has 100 valence electrons. The highest BCUT2D eigenvalue weighted by Gasteiger charge is 2.22. The van der Waals surface area contributed by atoms with E-state index in [9.17, 15) is 10.1 Å². The van der Waals surface area contributed by atoms with Gasteiger partial charge in [-0.3, -0.25) is 14.8 Å². The Morgan fingerprint density at radius 3 is 3.00 bits per heavy atom. The minimum atomic E-state index is -0.606. The molecule has 0 saturated heterocycles. The minimum Gasteiger partial charge on any atom is -0.360 e. The van der Waals surface area contributed by atoms with Crippen LogP contribution in [0.5, 0.6) is 0 Å². The van der Waals surface area contributed by atoms with Crippen LogP contribution in [0.3, 0.4) is 0 Å². The third kappa shape index (κ3) is 3.16. The van der Waals surface area contributed by atoms with Gasteiger partial charge in [0.25, 0.3) is 0 Å². The molecule has 0 saturated carbocycles. The Hall–Kier alpha value is -2.22. The Morgan fingerprint density at radius 2 is 2.37 bits per heavy atom. The molecule has 1 atom stereocenters. The predicted molar refractivity (Wildman–Crippen MR) is 69.0 cm³/mol. The van der Waals surface area contributed by atoms with Crippen molar-refractivity contribution in [1.82, 2.24) is 19.7 Å². The lowest BCUT2D eigenvalue weighted by Crippen LogP contribution is -2.23. The zero-order valence-electron chi connectivity index (χ0n) is 10.0. The number of nitro groups is 1. The third-order valence-corrected chi connectivity index (χ3v) is 2.64. The van der Waals surface area contributed by atoms with Gasteiger partial charge in [0, 0.05) is 18.4 Å². The Kier molecular flexibility index (Phi) is 3.91. The number of anilines is 1. The summed E-state index contributed by atoms with van der Waals surface area (Å²) in [6.07, 6.45) is 4.65. The molecule has 8 nitrogen and oxygen atoms in total. The first-order chi connectivity index (χ1) is 9.08. The molecule has 2 aromatic rings. The second-order valence-corrected chi connectivity index (χ2v) is 4.25. The highest BCUT2D eigenvalue weighted by Crippen LogP contribution is 2.28. The fraction of sp³-hybridized carbons (Fsp3) is 0.300. The molecule has 1 N–H and O–H groups in total. The summed E-state index contributed by atoms with van der Waals surface area (Å²) in [6, 6.07) is 1.70. The van der Waals surface area contributed by atoms with E-state index in [-0.39, 0.29) is 22.7 Å². The van der Waals surface area contributed by atoms with Gasteiger partial charge in [-0.25, -0.2) is 9.97 Å². The van der Waals surface area contributed by atoms with Crippen LogP contribution in [0.25, 0.3) is 0 Å². The number of hydrogen-bond donors (Lipinski definition) is 1. The third-order valence-electron chi connectivity index (χ3n) is 2.36. The van der Waals surface area contributed by atoms with Crippen molar-refractivity contribution in [3.63, 3.8) is 0 Å². The van der Waals surface area contributed by atoms with E-state index in [1.807, 2.05) is 6.92 Å². The molecule has 0 aliphatic carbocycles. The molecule has 0 aromatic carbocycles. The first-order valence-corrected chi connectivity index (χ1v) is 5.84. The smallest absolute Gasteiger partial charge is 0.348 e. The average Bonchev–Trinajstić information content (AvgIpc) is 2.81. The van der Waals surface area contributed by atoms with E-state index in [1.54, 1.807) is 23.1 Å². The molecule has 0 fully saturated rings. The summed E-state index contributed by atoms with van der Waals surface area (Å²) in [5, 5.41) is 17.7. The van der Waals surface area contributed by atoms with Gasteiger partial charge in [0.05, 0.1) is 11.5 Å². The van der Waals surface area contributed by atoms with E-state index >= 15 is 0 Å². The normalized spacial score (nSPS) is 12.1. The Bertz CT molecular complexity index is 573. The fourth-order valence-electron chi connectivity index (χ4n) is 1.59. The van der Waals surface area contributed by atoms with E-state index in [1.165, 1.54) is 6.33 Å². The van der Waals surface area contributed by atoms with Crippen LogP contribution in [0.15, 0.2) is 24.8 Å². The molecule has 2 heterocycles. The maximum absolute atomic E-state index is 10.9. The van der Waals surface area contributed by atoms with Crippen LogP contribution in [0.4, 0.5) is 11.5 Å². The van der Waals surface area contributed by atoms with Gasteiger partial charge in [-0.2, -0.15) is 5.10 Å². The van der Waals surface area contributed by atoms with Crippen LogP contribution in [0.1, 0.15) is 6.92 Å². The molecule has 0 spiro atoms.